The molecule has 1 amide bonds. The summed E-state index contributed by atoms with van der Waals surface area (Å²) in [4.78, 5) is 19.2. The van der Waals surface area contributed by atoms with E-state index in [9.17, 15) is 9.18 Å². The van der Waals surface area contributed by atoms with Crippen LogP contribution in [0.1, 0.15) is 32.8 Å². The van der Waals surface area contributed by atoms with Crippen LogP contribution >= 0.6 is 0 Å². The number of aryl methyl sites for hydroxylation is 1. The first-order chi connectivity index (χ1) is 15.6. The van der Waals surface area contributed by atoms with Crippen molar-refractivity contribution in [1.82, 2.24) is 15.8 Å². The Morgan fingerprint density at radius 3 is 2.70 bits per heavy atom. The SMILES string of the molecule is CC#CCC(=O)NNC1=Nc2c(cc(F)c(-c3cc(F)cc4c(C)c[nH]c34)c2F)NC1(C)C. The highest BCUT2D eigenvalue weighted by atomic mass is 19.1. The van der Waals surface area contributed by atoms with Gasteiger partial charge in [0.05, 0.1) is 28.7 Å². The first-order valence-electron chi connectivity index (χ1n) is 10.2. The van der Waals surface area contributed by atoms with Crippen LogP contribution in [0.4, 0.5) is 24.5 Å². The van der Waals surface area contributed by atoms with E-state index in [1.54, 1.807) is 33.9 Å². The summed E-state index contributed by atoms with van der Waals surface area (Å²) < 4.78 is 45.2. The van der Waals surface area contributed by atoms with Crippen LogP contribution in [0.3, 0.4) is 0 Å². The van der Waals surface area contributed by atoms with Crippen LogP contribution in [-0.2, 0) is 4.79 Å². The number of nitrogens with zero attached hydrogens (tertiary/aromatic N) is 1. The van der Waals surface area contributed by atoms with Crippen LogP contribution in [0.5, 0.6) is 0 Å². The van der Waals surface area contributed by atoms with Gasteiger partial charge in [-0.05, 0) is 45.4 Å². The van der Waals surface area contributed by atoms with Crippen molar-refractivity contribution in [3.05, 3.63) is 47.4 Å². The van der Waals surface area contributed by atoms with Gasteiger partial charge >= 0.3 is 0 Å². The minimum absolute atomic E-state index is 0.0178. The number of anilines is 1. The third kappa shape index (κ3) is 4.00. The predicted molar refractivity (Wildman–Crippen MR) is 122 cm³/mol. The summed E-state index contributed by atoms with van der Waals surface area (Å²) in [6.07, 6.45) is 1.63. The van der Waals surface area contributed by atoms with Crippen molar-refractivity contribution < 1.29 is 18.0 Å². The van der Waals surface area contributed by atoms with E-state index in [4.69, 9.17) is 0 Å². The van der Waals surface area contributed by atoms with E-state index in [1.807, 2.05) is 0 Å². The van der Waals surface area contributed by atoms with Crippen LogP contribution in [0.2, 0.25) is 0 Å². The second-order valence-electron chi connectivity index (χ2n) is 8.28. The minimum Gasteiger partial charge on any atom is -0.371 e. The molecule has 9 heteroatoms. The summed E-state index contributed by atoms with van der Waals surface area (Å²) in [5.41, 5.74) is 5.11. The summed E-state index contributed by atoms with van der Waals surface area (Å²) >= 11 is 0. The van der Waals surface area contributed by atoms with E-state index < -0.39 is 34.5 Å². The van der Waals surface area contributed by atoms with Gasteiger partial charge in [-0.25, -0.2) is 18.2 Å². The molecule has 33 heavy (non-hydrogen) atoms. The van der Waals surface area contributed by atoms with Crippen LogP contribution < -0.4 is 16.2 Å². The molecule has 0 saturated carbocycles. The lowest BCUT2D eigenvalue weighted by atomic mass is 9.96. The second-order valence-corrected chi connectivity index (χ2v) is 8.28. The molecule has 1 aliphatic rings. The molecule has 3 aromatic rings. The van der Waals surface area contributed by atoms with Crippen molar-refractivity contribution in [2.24, 2.45) is 4.99 Å². The van der Waals surface area contributed by atoms with E-state index in [-0.39, 0.29) is 29.2 Å². The van der Waals surface area contributed by atoms with E-state index >= 15 is 8.78 Å². The number of carbonyl (C=O) groups excluding carboxylic acids is 1. The van der Waals surface area contributed by atoms with Gasteiger partial charge in [-0.3, -0.25) is 15.6 Å². The monoisotopic (exact) mass is 453 g/mol. The molecule has 4 rings (SSSR count). The molecule has 0 fully saturated rings. The number of halogens is 3. The van der Waals surface area contributed by atoms with Gasteiger partial charge in [0.25, 0.3) is 0 Å². The molecule has 0 spiro atoms. The second kappa shape index (κ2) is 8.20. The molecule has 2 heterocycles. The van der Waals surface area contributed by atoms with E-state index in [0.29, 0.717) is 10.9 Å². The van der Waals surface area contributed by atoms with Gasteiger partial charge in [0, 0.05) is 23.2 Å². The first kappa shape index (κ1) is 22.3. The zero-order valence-electron chi connectivity index (χ0n) is 18.5. The molecule has 0 aliphatic carbocycles. The smallest absolute Gasteiger partial charge is 0.250 e. The number of fused-ring (bicyclic) bond motifs is 2. The highest BCUT2D eigenvalue weighted by Crippen LogP contribution is 2.43. The zero-order valence-corrected chi connectivity index (χ0v) is 18.5. The van der Waals surface area contributed by atoms with Crippen molar-refractivity contribution in [2.75, 3.05) is 5.32 Å². The van der Waals surface area contributed by atoms with E-state index in [2.05, 4.69) is 38.0 Å². The third-order valence-corrected chi connectivity index (χ3v) is 5.43. The molecule has 170 valence electrons. The summed E-state index contributed by atoms with van der Waals surface area (Å²) in [6, 6.07) is 3.54. The highest BCUT2D eigenvalue weighted by molar-refractivity contribution is 6.02. The normalized spacial score (nSPS) is 14.0. The largest absolute Gasteiger partial charge is 0.371 e. The van der Waals surface area contributed by atoms with Gasteiger partial charge in [0.2, 0.25) is 5.91 Å². The number of aliphatic imine (C=N–C) groups is 1. The number of aromatic amines is 1. The molecule has 0 radical (unpaired) electrons. The predicted octanol–water partition coefficient (Wildman–Crippen LogP) is 4.83. The van der Waals surface area contributed by atoms with Crippen molar-refractivity contribution in [2.45, 2.75) is 39.7 Å². The van der Waals surface area contributed by atoms with Crippen molar-refractivity contribution >= 4 is 34.0 Å². The number of benzene rings is 2. The Morgan fingerprint density at radius 1 is 1.21 bits per heavy atom. The maximum atomic E-state index is 15.7. The van der Waals surface area contributed by atoms with Gasteiger partial charge < -0.3 is 10.3 Å². The molecule has 0 bridgehead atoms. The average Bonchev–Trinajstić information content (AvgIpc) is 3.11. The molecular formula is C24H22F3N5O. The minimum atomic E-state index is -0.949. The number of amidine groups is 1. The molecule has 1 aromatic heterocycles. The zero-order chi connectivity index (χ0) is 23.9. The maximum Gasteiger partial charge on any atom is 0.250 e. The Morgan fingerprint density at radius 2 is 1.97 bits per heavy atom. The number of hydrazine groups is 1. The molecular weight excluding hydrogens is 431 g/mol. The third-order valence-electron chi connectivity index (χ3n) is 5.43. The summed E-state index contributed by atoms with van der Waals surface area (Å²) in [5, 5.41) is 3.56. The van der Waals surface area contributed by atoms with Crippen LogP contribution in [0.15, 0.2) is 29.4 Å². The van der Waals surface area contributed by atoms with Crippen molar-refractivity contribution in [3.63, 3.8) is 0 Å². The lowest BCUT2D eigenvalue weighted by Crippen LogP contribution is -2.55. The fraction of sp³-hybridized carbons (Fsp3) is 0.250. The number of rotatable bonds is 2. The average molecular weight is 453 g/mol. The standard InChI is InChI=1S/C24H22F3N5O/c1-5-6-7-18(33)31-32-23-24(3,4)30-17-10-16(26)19(20(27)22(17)29-23)15-9-13(25)8-14-12(2)11-28-21(14)15/h8-11,28,30H,7H2,1-4H3,(H,29,32)(H,31,33). The maximum absolute atomic E-state index is 15.7. The van der Waals surface area contributed by atoms with Gasteiger partial charge in [-0.1, -0.05) is 5.92 Å². The Hall–Kier alpha value is -3.93. The number of hydrogen-bond donors (Lipinski definition) is 4. The molecule has 0 saturated heterocycles. The Labute approximate surface area is 188 Å². The fourth-order valence-corrected chi connectivity index (χ4v) is 3.76. The lowest BCUT2D eigenvalue weighted by Gasteiger charge is -2.34. The lowest BCUT2D eigenvalue weighted by molar-refractivity contribution is -0.120. The van der Waals surface area contributed by atoms with Crippen molar-refractivity contribution in [3.8, 4) is 23.0 Å². The number of nitrogens with one attached hydrogen (secondary N) is 4. The van der Waals surface area contributed by atoms with Gasteiger partial charge in [0.15, 0.2) is 5.82 Å². The van der Waals surface area contributed by atoms with E-state index in [0.717, 1.165) is 17.7 Å². The van der Waals surface area contributed by atoms with E-state index in [1.165, 1.54) is 6.07 Å². The van der Waals surface area contributed by atoms with Crippen LogP contribution in [0.25, 0.3) is 22.0 Å². The number of carbonyl (C=O) groups is 1. The van der Waals surface area contributed by atoms with Crippen molar-refractivity contribution in [1.29, 1.82) is 0 Å². The van der Waals surface area contributed by atoms with Crippen LogP contribution in [0, 0.1) is 36.2 Å². The first-order valence-corrected chi connectivity index (χ1v) is 10.2. The fourth-order valence-electron chi connectivity index (χ4n) is 3.76. The van der Waals surface area contributed by atoms with Gasteiger partial charge in [-0.15, -0.1) is 5.92 Å². The van der Waals surface area contributed by atoms with Gasteiger partial charge in [0.1, 0.15) is 23.2 Å². The molecule has 1 aliphatic heterocycles. The highest BCUT2D eigenvalue weighted by Gasteiger charge is 2.34. The van der Waals surface area contributed by atoms with Crippen LogP contribution in [-0.4, -0.2) is 22.3 Å². The summed E-state index contributed by atoms with van der Waals surface area (Å²) in [5.74, 6) is 2.67. The summed E-state index contributed by atoms with van der Waals surface area (Å²) in [7, 11) is 0. The quantitative estimate of drug-likeness (QED) is 0.332. The molecule has 0 atom stereocenters. The Balaban J connectivity index is 1.82. The number of hydrogen-bond acceptors (Lipinski definition) is 4. The molecule has 6 nitrogen and oxygen atoms in total. The summed E-state index contributed by atoms with van der Waals surface area (Å²) in [6.45, 7) is 6.87. The number of amides is 1. The molecule has 2 aromatic carbocycles. The Kier molecular flexibility index (Phi) is 5.54. The molecule has 0 unspecified atom stereocenters. The molecule has 4 N–H and O–H groups in total. The Bertz CT molecular complexity index is 1380. The van der Waals surface area contributed by atoms with Gasteiger partial charge in [-0.2, -0.15) is 0 Å². The number of H-pyrrole nitrogens is 1. The topological polar surface area (TPSA) is 81.3 Å². The number of aromatic nitrogens is 1.